The molecule has 0 radical (unpaired) electrons. The number of anilines is 1. The summed E-state index contributed by atoms with van der Waals surface area (Å²) in [4.78, 5) is 21.2. The molecule has 1 fully saturated rings. The van der Waals surface area contributed by atoms with Crippen LogP contribution in [0.1, 0.15) is 11.6 Å². The molecular formula is C23H24N4O2Os. The molecule has 6 nitrogen and oxygen atoms in total. The fourth-order valence-electron chi connectivity index (χ4n) is 3.54. The molecular weight excluding hydrogens is 555 g/mol. The van der Waals surface area contributed by atoms with E-state index in [9.17, 15) is 4.79 Å². The molecule has 0 bridgehead atoms. The van der Waals surface area contributed by atoms with Crippen LogP contribution in [-0.4, -0.2) is 49.1 Å². The Hall–Kier alpha value is -2.61. The summed E-state index contributed by atoms with van der Waals surface area (Å²) in [7, 11) is 1.63. The summed E-state index contributed by atoms with van der Waals surface area (Å²) >= 11 is 0. The molecule has 4 rings (SSSR count). The fourth-order valence-corrected chi connectivity index (χ4v) is 3.54. The number of benzene rings is 2. The second kappa shape index (κ2) is 9.93. The molecule has 1 unspecified atom stereocenters. The number of piperazine rings is 1. The number of amides is 1. The van der Waals surface area contributed by atoms with Gasteiger partial charge in [0.2, 0.25) is 0 Å². The number of rotatable bonds is 5. The third-order valence-electron chi connectivity index (χ3n) is 5.25. The Bertz CT molecular complexity index is 991. The number of fused-ring (bicyclic) bond motifs is 1. The SMILES string of the molecule is COc1ccc2n[c-]c(C(N)[CH-]C(=O)N3CCN(c4ccccc4)CC3)cc2c1.[Os+2]. The summed E-state index contributed by atoms with van der Waals surface area (Å²) < 4.78 is 5.27. The van der Waals surface area contributed by atoms with Crippen molar-refractivity contribution in [3.8, 4) is 5.75 Å². The number of hydrogen-bond donors (Lipinski definition) is 1. The van der Waals surface area contributed by atoms with E-state index in [-0.39, 0.29) is 25.7 Å². The number of carbonyl (C=O) groups excluding carboxylic acids is 1. The number of carbonyl (C=O) groups is 1. The van der Waals surface area contributed by atoms with Crippen LogP contribution in [0.5, 0.6) is 5.75 Å². The van der Waals surface area contributed by atoms with Crippen LogP contribution in [0.4, 0.5) is 5.69 Å². The van der Waals surface area contributed by atoms with Crippen LogP contribution in [0.15, 0.2) is 54.6 Å². The van der Waals surface area contributed by atoms with Gasteiger partial charge >= 0.3 is 19.8 Å². The molecule has 2 heterocycles. The van der Waals surface area contributed by atoms with E-state index in [1.807, 2.05) is 47.4 Å². The van der Waals surface area contributed by atoms with Crippen LogP contribution in [-0.2, 0) is 24.6 Å². The quantitative estimate of drug-likeness (QED) is 0.472. The maximum Gasteiger partial charge on any atom is 2.00 e. The summed E-state index contributed by atoms with van der Waals surface area (Å²) in [5.41, 5.74) is 8.95. The number of nitrogens with zero attached hydrogens (tertiary/aromatic N) is 3. The zero-order valence-corrected chi connectivity index (χ0v) is 19.3. The summed E-state index contributed by atoms with van der Waals surface area (Å²) in [6, 6.07) is 17.2. The van der Waals surface area contributed by atoms with Crippen molar-refractivity contribution in [3.05, 3.63) is 72.8 Å². The van der Waals surface area contributed by atoms with Gasteiger partial charge in [-0.2, -0.15) is 11.6 Å². The first kappa shape index (κ1) is 22.1. The van der Waals surface area contributed by atoms with Gasteiger partial charge in [0.25, 0.3) is 0 Å². The minimum absolute atomic E-state index is 0. The Labute approximate surface area is 190 Å². The molecule has 1 atom stereocenters. The van der Waals surface area contributed by atoms with Crippen LogP contribution in [0, 0.1) is 12.6 Å². The molecule has 2 N–H and O–H groups in total. The van der Waals surface area contributed by atoms with Crippen LogP contribution in [0.25, 0.3) is 10.9 Å². The zero-order valence-electron chi connectivity index (χ0n) is 16.8. The topological polar surface area (TPSA) is 71.7 Å². The van der Waals surface area contributed by atoms with Crippen LogP contribution in [0.3, 0.4) is 0 Å². The molecule has 1 amide bonds. The van der Waals surface area contributed by atoms with Crippen molar-refractivity contribution < 1.29 is 29.3 Å². The van der Waals surface area contributed by atoms with Gasteiger partial charge in [-0.05, 0) is 29.8 Å². The van der Waals surface area contributed by atoms with Gasteiger partial charge in [0, 0.05) is 31.9 Å². The van der Waals surface area contributed by atoms with Crippen LogP contribution in [0.2, 0.25) is 0 Å². The average Bonchev–Trinajstić information content (AvgIpc) is 2.79. The molecule has 30 heavy (non-hydrogen) atoms. The molecule has 1 aromatic heterocycles. The van der Waals surface area contributed by atoms with Crippen LogP contribution >= 0.6 is 0 Å². The van der Waals surface area contributed by atoms with Crippen molar-refractivity contribution in [2.75, 3.05) is 38.2 Å². The van der Waals surface area contributed by atoms with Crippen molar-refractivity contribution in [2.24, 2.45) is 5.73 Å². The second-order valence-electron chi connectivity index (χ2n) is 7.09. The summed E-state index contributed by atoms with van der Waals surface area (Å²) in [5.74, 6) is 0.700. The molecule has 2 aromatic carbocycles. The van der Waals surface area contributed by atoms with Crippen molar-refractivity contribution in [2.45, 2.75) is 6.04 Å². The largest absolute Gasteiger partial charge is 2.00 e. The second-order valence-corrected chi connectivity index (χ2v) is 7.09. The van der Waals surface area contributed by atoms with Gasteiger partial charge in [0.1, 0.15) is 5.75 Å². The minimum atomic E-state index is -0.558. The monoisotopic (exact) mass is 580 g/mol. The third kappa shape index (κ3) is 4.92. The van der Waals surface area contributed by atoms with Gasteiger partial charge in [-0.25, -0.2) is 0 Å². The van der Waals surface area contributed by atoms with E-state index in [1.165, 1.54) is 5.69 Å². The molecule has 7 heteroatoms. The number of nitrogens with two attached hydrogens (primary N) is 1. The molecule has 0 spiro atoms. The average molecular weight is 579 g/mol. The van der Waals surface area contributed by atoms with Crippen LogP contribution < -0.4 is 15.4 Å². The van der Waals surface area contributed by atoms with Crippen molar-refractivity contribution in [1.29, 1.82) is 0 Å². The van der Waals surface area contributed by atoms with E-state index < -0.39 is 6.04 Å². The number of methoxy groups -OCH3 is 1. The van der Waals surface area contributed by atoms with Gasteiger partial charge in [0.15, 0.2) is 0 Å². The van der Waals surface area contributed by atoms with Gasteiger partial charge < -0.3 is 30.0 Å². The summed E-state index contributed by atoms with van der Waals surface area (Å²) in [6.45, 7) is 2.96. The molecule has 3 aromatic rings. The van der Waals surface area contributed by atoms with Crippen molar-refractivity contribution in [1.82, 2.24) is 9.88 Å². The third-order valence-corrected chi connectivity index (χ3v) is 5.25. The van der Waals surface area contributed by atoms with E-state index in [0.29, 0.717) is 18.7 Å². The molecule has 1 aliphatic rings. The normalized spacial score (nSPS) is 14.7. The Kier molecular flexibility index (Phi) is 7.31. The summed E-state index contributed by atoms with van der Waals surface area (Å²) in [6.07, 6.45) is 4.51. The fraction of sp³-hybridized carbons (Fsp3) is 0.261. The van der Waals surface area contributed by atoms with Gasteiger partial charge in [-0.3, -0.25) is 6.42 Å². The first-order valence-corrected chi connectivity index (χ1v) is 9.70. The number of pyridine rings is 1. The van der Waals surface area contributed by atoms with Gasteiger partial charge in [-0.15, -0.1) is 5.39 Å². The summed E-state index contributed by atoms with van der Waals surface area (Å²) in [5, 5.41) is 0.908. The number of ether oxygens (including phenoxy) is 1. The molecule has 1 aliphatic heterocycles. The molecule has 0 saturated carbocycles. The van der Waals surface area contributed by atoms with Gasteiger partial charge in [-0.1, -0.05) is 36.5 Å². The first-order valence-electron chi connectivity index (χ1n) is 9.70. The number of hydrogen-bond acceptors (Lipinski definition) is 5. The molecule has 0 aliphatic carbocycles. The number of aromatic nitrogens is 1. The Morgan fingerprint density at radius 3 is 2.57 bits per heavy atom. The van der Waals surface area contributed by atoms with Crippen molar-refractivity contribution >= 4 is 22.5 Å². The van der Waals surface area contributed by atoms with E-state index in [0.717, 1.165) is 29.7 Å². The number of para-hydroxylation sites is 1. The maximum absolute atomic E-state index is 12.7. The Morgan fingerprint density at radius 2 is 1.87 bits per heavy atom. The van der Waals surface area contributed by atoms with E-state index in [1.54, 1.807) is 13.5 Å². The predicted molar refractivity (Wildman–Crippen MR) is 114 cm³/mol. The maximum atomic E-state index is 12.7. The first-order chi connectivity index (χ1) is 14.1. The Balaban J connectivity index is 0.00000256. The molecule has 156 valence electrons. The van der Waals surface area contributed by atoms with E-state index >= 15 is 0 Å². The zero-order chi connectivity index (χ0) is 20.2. The van der Waals surface area contributed by atoms with E-state index in [4.69, 9.17) is 10.5 Å². The molecule has 1 saturated heterocycles. The standard InChI is InChI=1S/C23H24N4O2.Os/c1-29-20-7-8-22-17(14-20)13-18(16-25-22)21(24)15-23(28)27-11-9-26(10-12-27)19-5-3-2-4-6-19;/h2-8,13-15,21H,9-12,24H2,1H3;/q-2;+2. The smallest absolute Gasteiger partial charge is 0.497 e. The van der Waals surface area contributed by atoms with Gasteiger partial charge in [0.05, 0.1) is 13.0 Å². The van der Waals surface area contributed by atoms with E-state index in [2.05, 4.69) is 28.2 Å². The minimum Gasteiger partial charge on any atom is -0.497 e. The Morgan fingerprint density at radius 1 is 1.13 bits per heavy atom. The van der Waals surface area contributed by atoms with Crippen molar-refractivity contribution in [3.63, 3.8) is 0 Å². The predicted octanol–water partition coefficient (Wildman–Crippen LogP) is 2.59.